The number of hydrogen-bond acceptors (Lipinski definition) is 4. The molecule has 1 aromatic carbocycles. The van der Waals surface area contributed by atoms with Gasteiger partial charge in [0, 0.05) is 20.0 Å². The Morgan fingerprint density at radius 1 is 1.23 bits per heavy atom. The van der Waals surface area contributed by atoms with Gasteiger partial charge >= 0.3 is 0 Å². The monoisotopic (exact) mass is 341 g/mol. The van der Waals surface area contributed by atoms with Gasteiger partial charge in [0.15, 0.2) is 5.13 Å². The lowest BCUT2D eigenvalue weighted by molar-refractivity contribution is -0.116. The summed E-state index contributed by atoms with van der Waals surface area (Å²) >= 11 is 1.59. The molecule has 0 unspecified atom stereocenters. The Balaban J connectivity index is 0.00000242. The first-order valence-corrected chi connectivity index (χ1v) is 8.24. The van der Waals surface area contributed by atoms with E-state index in [2.05, 4.69) is 42.8 Å². The molecule has 0 radical (unpaired) electrons. The molecule has 1 heterocycles. The lowest BCUT2D eigenvalue weighted by atomic mass is 10.2. The summed E-state index contributed by atoms with van der Waals surface area (Å²) in [4.78, 5) is 20.7. The molecule has 0 aliphatic carbocycles. The highest BCUT2D eigenvalue weighted by Gasteiger charge is 2.17. The molecule has 0 bridgehead atoms. The molecule has 0 saturated heterocycles. The van der Waals surface area contributed by atoms with E-state index in [9.17, 15) is 4.79 Å². The summed E-state index contributed by atoms with van der Waals surface area (Å²) in [5.74, 6) is 0.0536. The minimum absolute atomic E-state index is 0. The van der Waals surface area contributed by atoms with Crippen LogP contribution in [0.1, 0.15) is 26.3 Å². The van der Waals surface area contributed by atoms with Crippen molar-refractivity contribution in [3.63, 3.8) is 0 Å². The number of benzene rings is 1. The smallest absolute Gasteiger partial charge is 0.225 e. The second-order valence-corrected chi connectivity index (χ2v) is 6.17. The summed E-state index contributed by atoms with van der Waals surface area (Å²) in [5.41, 5.74) is 2.19. The number of carbonyl (C=O) groups is 1. The molecule has 0 saturated carbocycles. The van der Waals surface area contributed by atoms with Gasteiger partial charge in [-0.1, -0.05) is 31.3 Å². The van der Waals surface area contributed by atoms with Crippen LogP contribution in [0.15, 0.2) is 18.2 Å². The van der Waals surface area contributed by atoms with Gasteiger partial charge in [-0.25, -0.2) is 4.98 Å². The number of amides is 1. The molecule has 122 valence electrons. The average molecular weight is 342 g/mol. The van der Waals surface area contributed by atoms with E-state index >= 15 is 0 Å². The Labute approximate surface area is 142 Å². The number of hydrogen-bond donors (Lipinski definition) is 0. The normalized spacial score (nSPS) is 10.8. The molecule has 1 aromatic heterocycles. The molecule has 2 rings (SSSR count). The fraction of sp³-hybridized carbons (Fsp3) is 0.500. The number of halogens is 1. The Hall–Kier alpha value is -1.17. The fourth-order valence-corrected chi connectivity index (χ4v) is 3.44. The SMILES string of the molecule is CCN(CC)CCN(C(C)=O)c1nc2ccc(C)cc2s1.Cl. The van der Waals surface area contributed by atoms with Crippen LogP contribution < -0.4 is 4.90 Å². The van der Waals surface area contributed by atoms with Crippen molar-refractivity contribution in [1.82, 2.24) is 9.88 Å². The van der Waals surface area contributed by atoms with E-state index in [0.717, 1.165) is 35.0 Å². The molecule has 6 heteroatoms. The number of likely N-dealkylation sites (N-methyl/N-ethyl adjacent to an activating group) is 1. The molecular formula is C16H24ClN3OS. The van der Waals surface area contributed by atoms with Crippen molar-refractivity contribution in [2.75, 3.05) is 31.1 Å². The van der Waals surface area contributed by atoms with Crippen molar-refractivity contribution in [1.29, 1.82) is 0 Å². The largest absolute Gasteiger partial charge is 0.302 e. The van der Waals surface area contributed by atoms with E-state index in [1.807, 2.05) is 6.07 Å². The van der Waals surface area contributed by atoms with Crippen molar-refractivity contribution >= 4 is 45.0 Å². The zero-order valence-electron chi connectivity index (χ0n) is 13.6. The third kappa shape index (κ3) is 4.41. The van der Waals surface area contributed by atoms with Crippen LogP contribution in [0.5, 0.6) is 0 Å². The second-order valence-electron chi connectivity index (χ2n) is 5.17. The Morgan fingerprint density at radius 2 is 1.91 bits per heavy atom. The Morgan fingerprint density at radius 3 is 2.50 bits per heavy atom. The topological polar surface area (TPSA) is 36.4 Å². The summed E-state index contributed by atoms with van der Waals surface area (Å²) in [6.45, 7) is 11.5. The molecule has 0 aliphatic heterocycles. The average Bonchev–Trinajstić information content (AvgIpc) is 2.85. The lowest BCUT2D eigenvalue weighted by Crippen LogP contribution is -2.37. The van der Waals surface area contributed by atoms with E-state index in [4.69, 9.17) is 0 Å². The predicted molar refractivity (Wildman–Crippen MR) is 97.4 cm³/mol. The van der Waals surface area contributed by atoms with Crippen molar-refractivity contribution in [2.24, 2.45) is 0 Å². The first-order chi connectivity index (χ1) is 10.0. The predicted octanol–water partition coefficient (Wildman–Crippen LogP) is 3.72. The molecular weight excluding hydrogens is 318 g/mol. The minimum Gasteiger partial charge on any atom is -0.302 e. The standard InChI is InChI=1S/C16H23N3OS.ClH/c1-5-18(6-2)9-10-19(13(4)20)16-17-14-8-7-12(3)11-15(14)21-16;/h7-8,11H,5-6,9-10H2,1-4H3;1H. The number of aromatic nitrogens is 1. The number of rotatable bonds is 6. The minimum atomic E-state index is 0. The highest BCUT2D eigenvalue weighted by atomic mass is 35.5. The number of carbonyl (C=O) groups excluding carboxylic acids is 1. The van der Waals surface area contributed by atoms with E-state index in [-0.39, 0.29) is 18.3 Å². The summed E-state index contributed by atoms with van der Waals surface area (Å²) in [7, 11) is 0. The molecule has 0 N–H and O–H groups in total. The van der Waals surface area contributed by atoms with Crippen LogP contribution in [-0.2, 0) is 4.79 Å². The van der Waals surface area contributed by atoms with Crippen molar-refractivity contribution in [2.45, 2.75) is 27.7 Å². The summed E-state index contributed by atoms with van der Waals surface area (Å²) in [5, 5.41) is 0.801. The number of thiazole rings is 1. The second kappa shape index (κ2) is 8.46. The highest BCUT2D eigenvalue weighted by molar-refractivity contribution is 7.22. The summed E-state index contributed by atoms with van der Waals surface area (Å²) in [6, 6.07) is 6.20. The quantitative estimate of drug-likeness (QED) is 0.803. The van der Waals surface area contributed by atoms with Gasteiger partial charge in [0.05, 0.1) is 10.2 Å². The van der Waals surface area contributed by atoms with Crippen molar-refractivity contribution in [3.05, 3.63) is 23.8 Å². The van der Waals surface area contributed by atoms with E-state index in [1.165, 1.54) is 5.56 Å². The number of nitrogens with zero attached hydrogens (tertiary/aromatic N) is 3. The van der Waals surface area contributed by atoms with Crippen LogP contribution in [-0.4, -0.2) is 42.0 Å². The zero-order chi connectivity index (χ0) is 15.4. The van der Waals surface area contributed by atoms with Gasteiger partial charge < -0.3 is 4.90 Å². The van der Waals surface area contributed by atoms with Crippen LogP contribution in [0.2, 0.25) is 0 Å². The maximum absolute atomic E-state index is 12.0. The molecule has 0 aliphatic rings. The fourth-order valence-electron chi connectivity index (χ4n) is 2.30. The highest BCUT2D eigenvalue weighted by Crippen LogP contribution is 2.29. The maximum Gasteiger partial charge on any atom is 0.225 e. The van der Waals surface area contributed by atoms with Crippen LogP contribution >= 0.6 is 23.7 Å². The van der Waals surface area contributed by atoms with Gasteiger partial charge in [0.25, 0.3) is 0 Å². The van der Waals surface area contributed by atoms with Gasteiger partial charge in [0.2, 0.25) is 5.91 Å². The number of anilines is 1. The molecule has 0 fully saturated rings. The zero-order valence-corrected chi connectivity index (χ0v) is 15.3. The van der Waals surface area contributed by atoms with E-state index in [1.54, 1.807) is 23.2 Å². The first-order valence-electron chi connectivity index (χ1n) is 7.42. The maximum atomic E-state index is 12.0. The Kier molecular flexibility index (Phi) is 7.26. The van der Waals surface area contributed by atoms with Gasteiger partial charge in [-0.05, 0) is 37.7 Å². The number of fused-ring (bicyclic) bond motifs is 1. The third-order valence-electron chi connectivity index (χ3n) is 3.68. The van der Waals surface area contributed by atoms with Gasteiger partial charge in [-0.2, -0.15) is 0 Å². The molecule has 22 heavy (non-hydrogen) atoms. The van der Waals surface area contributed by atoms with Crippen LogP contribution in [0.25, 0.3) is 10.2 Å². The summed E-state index contributed by atoms with van der Waals surface area (Å²) in [6.07, 6.45) is 0. The van der Waals surface area contributed by atoms with Crippen LogP contribution in [0.4, 0.5) is 5.13 Å². The molecule has 0 atom stereocenters. The number of aryl methyl sites for hydroxylation is 1. The summed E-state index contributed by atoms with van der Waals surface area (Å²) < 4.78 is 1.14. The van der Waals surface area contributed by atoms with Gasteiger partial charge in [0.1, 0.15) is 0 Å². The van der Waals surface area contributed by atoms with Gasteiger partial charge in [-0.15, -0.1) is 12.4 Å². The van der Waals surface area contributed by atoms with E-state index < -0.39 is 0 Å². The molecule has 1 amide bonds. The van der Waals surface area contributed by atoms with Gasteiger partial charge in [-0.3, -0.25) is 9.69 Å². The lowest BCUT2D eigenvalue weighted by Gasteiger charge is -2.23. The van der Waals surface area contributed by atoms with Crippen LogP contribution in [0, 0.1) is 6.92 Å². The third-order valence-corrected chi connectivity index (χ3v) is 4.72. The Bertz CT molecular complexity index is 625. The van der Waals surface area contributed by atoms with Crippen LogP contribution in [0.3, 0.4) is 0 Å². The molecule has 4 nitrogen and oxygen atoms in total. The first kappa shape index (κ1) is 18.9. The van der Waals surface area contributed by atoms with Crippen molar-refractivity contribution < 1.29 is 4.79 Å². The van der Waals surface area contributed by atoms with E-state index in [0.29, 0.717) is 6.54 Å². The molecule has 0 spiro atoms. The van der Waals surface area contributed by atoms with Crippen molar-refractivity contribution in [3.8, 4) is 0 Å². The molecule has 2 aromatic rings.